The molecule has 1 aliphatic carbocycles. The molecule has 0 aliphatic heterocycles. The Balaban J connectivity index is 2.17. The van der Waals surface area contributed by atoms with Crippen molar-refractivity contribution in [2.45, 2.75) is 24.2 Å². The molecular weight excluding hydrogens is 250 g/mol. The van der Waals surface area contributed by atoms with Gasteiger partial charge >= 0.3 is 0 Å². The molecule has 100 valence electrons. The zero-order valence-corrected chi connectivity index (χ0v) is 11.3. The maximum absolute atomic E-state index is 11.3. The monoisotopic (exact) mass is 269 g/mol. The number of hydrogen-bond acceptors (Lipinski definition) is 4. The number of benzene rings is 1. The summed E-state index contributed by atoms with van der Waals surface area (Å²) in [5.41, 5.74) is 6.86. The summed E-state index contributed by atoms with van der Waals surface area (Å²) in [4.78, 5) is 2.09. The second kappa shape index (κ2) is 4.78. The fourth-order valence-electron chi connectivity index (χ4n) is 2.20. The topological polar surface area (TPSA) is 89.4 Å². The third-order valence-corrected chi connectivity index (χ3v) is 4.48. The van der Waals surface area contributed by atoms with Crippen molar-refractivity contribution >= 4 is 21.4 Å². The van der Waals surface area contributed by atoms with Gasteiger partial charge in [-0.1, -0.05) is 6.42 Å². The quantitative estimate of drug-likeness (QED) is 0.802. The fourth-order valence-corrected chi connectivity index (χ4v) is 2.85. The van der Waals surface area contributed by atoms with Crippen LogP contribution in [0.3, 0.4) is 0 Å². The summed E-state index contributed by atoms with van der Waals surface area (Å²) in [7, 11) is -1.75. The number of rotatable bonds is 4. The number of nitrogen functional groups attached to an aromatic ring is 1. The average Bonchev–Trinajstić information content (AvgIpc) is 2.21. The number of sulfonamides is 1. The van der Waals surface area contributed by atoms with E-state index in [0.717, 1.165) is 18.2 Å². The van der Waals surface area contributed by atoms with Crippen molar-refractivity contribution in [3.8, 4) is 0 Å². The van der Waals surface area contributed by atoms with Crippen LogP contribution in [0.25, 0.3) is 0 Å². The van der Waals surface area contributed by atoms with Gasteiger partial charge in [0.05, 0.1) is 5.69 Å². The lowest BCUT2D eigenvalue weighted by atomic mass is 9.85. The minimum Gasteiger partial charge on any atom is -0.398 e. The van der Waals surface area contributed by atoms with Crippen molar-refractivity contribution in [2.24, 2.45) is 11.1 Å². The lowest BCUT2D eigenvalue weighted by Crippen LogP contribution is -2.29. The molecule has 4 N–H and O–H groups in total. The molecule has 0 radical (unpaired) electrons. The second-order valence-corrected chi connectivity index (χ2v) is 6.47. The Hall–Kier alpha value is -1.27. The summed E-state index contributed by atoms with van der Waals surface area (Å²) in [6.45, 7) is 0.980. The Morgan fingerprint density at radius 2 is 2.06 bits per heavy atom. The first-order valence-corrected chi connectivity index (χ1v) is 7.56. The molecule has 1 fully saturated rings. The molecule has 5 nitrogen and oxygen atoms in total. The molecule has 0 saturated heterocycles. The van der Waals surface area contributed by atoms with Crippen LogP contribution in [0, 0.1) is 5.92 Å². The van der Waals surface area contributed by atoms with Crippen molar-refractivity contribution in [1.29, 1.82) is 0 Å². The van der Waals surface area contributed by atoms with E-state index in [1.165, 1.54) is 25.3 Å². The first-order chi connectivity index (χ1) is 8.38. The van der Waals surface area contributed by atoms with Gasteiger partial charge in [0, 0.05) is 19.3 Å². The number of primary sulfonamides is 1. The van der Waals surface area contributed by atoms with E-state index in [2.05, 4.69) is 4.90 Å². The standard InChI is InChI=1S/C12H19N3O2S/c1-15(8-9-3-2-4-9)10-5-6-12(11(13)7-10)18(14,16)17/h5-7,9H,2-4,8,13H2,1H3,(H2,14,16,17). The van der Waals surface area contributed by atoms with Gasteiger partial charge in [0.15, 0.2) is 0 Å². The largest absolute Gasteiger partial charge is 0.398 e. The van der Waals surface area contributed by atoms with Crippen LogP contribution in [0.4, 0.5) is 11.4 Å². The molecule has 1 aromatic carbocycles. The molecule has 1 saturated carbocycles. The van der Waals surface area contributed by atoms with Gasteiger partial charge in [0.25, 0.3) is 0 Å². The van der Waals surface area contributed by atoms with Gasteiger partial charge in [-0.15, -0.1) is 0 Å². The minimum atomic E-state index is -3.74. The van der Waals surface area contributed by atoms with Gasteiger partial charge in [-0.05, 0) is 37.0 Å². The summed E-state index contributed by atoms with van der Waals surface area (Å²) in [6.07, 6.45) is 3.86. The molecule has 2 rings (SSSR count). The summed E-state index contributed by atoms with van der Waals surface area (Å²) in [5, 5.41) is 5.07. The molecule has 18 heavy (non-hydrogen) atoms. The number of hydrogen-bond donors (Lipinski definition) is 2. The molecule has 0 spiro atoms. The van der Waals surface area contributed by atoms with E-state index in [1.807, 2.05) is 7.05 Å². The zero-order valence-electron chi connectivity index (χ0n) is 10.5. The third kappa shape index (κ3) is 2.76. The molecule has 1 aliphatic rings. The van der Waals surface area contributed by atoms with Gasteiger partial charge in [-0.2, -0.15) is 0 Å². The molecule has 1 aromatic rings. The van der Waals surface area contributed by atoms with Crippen LogP contribution in [0.2, 0.25) is 0 Å². The Kier molecular flexibility index (Phi) is 3.49. The van der Waals surface area contributed by atoms with Gasteiger partial charge < -0.3 is 10.6 Å². The van der Waals surface area contributed by atoms with E-state index in [9.17, 15) is 8.42 Å². The third-order valence-electron chi connectivity index (χ3n) is 3.50. The fraction of sp³-hybridized carbons (Fsp3) is 0.500. The summed E-state index contributed by atoms with van der Waals surface area (Å²) in [5.74, 6) is 0.745. The minimum absolute atomic E-state index is 0.0108. The van der Waals surface area contributed by atoms with E-state index in [4.69, 9.17) is 10.9 Å². The lowest BCUT2D eigenvalue weighted by Gasteiger charge is -2.31. The predicted molar refractivity (Wildman–Crippen MR) is 72.8 cm³/mol. The zero-order chi connectivity index (χ0) is 13.3. The van der Waals surface area contributed by atoms with E-state index in [0.29, 0.717) is 0 Å². The van der Waals surface area contributed by atoms with Crippen molar-refractivity contribution in [2.75, 3.05) is 24.2 Å². The molecule has 0 aromatic heterocycles. The van der Waals surface area contributed by atoms with Crippen molar-refractivity contribution in [3.05, 3.63) is 18.2 Å². The van der Waals surface area contributed by atoms with E-state index >= 15 is 0 Å². The van der Waals surface area contributed by atoms with Crippen molar-refractivity contribution in [1.82, 2.24) is 0 Å². The number of anilines is 2. The van der Waals surface area contributed by atoms with Crippen LogP contribution in [0.1, 0.15) is 19.3 Å². The van der Waals surface area contributed by atoms with E-state index in [-0.39, 0.29) is 10.6 Å². The Morgan fingerprint density at radius 1 is 1.39 bits per heavy atom. The SMILES string of the molecule is CN(CC1CCC1)c1ccc(S(N)(=O)=O)c(N)c1. The summed E-state index contributed by atoms with van der Waals surface area (Å²) >= 11 is 0. The highest BCUT2D eigenvalue weighted by molar-refractivity contribution is 7.89. The smallest absolute Gasteiger partial charge is 0.240 e. The number of nitrogens with zero attached hydrogens (tertiary/aromatic N) is 1. The molecule has 0 heterocycles. The second-order valence-electron chi connectivity index (χ2n) is 4.94. The normalized spacial score (nSPS) is 16.3. The highest BCUT2D eigenvalue weighted by atomic mass is 32.2. The van der Waals surface area contributed by atoms with Crippen LogP contribution in [-0.4, -0.2) is 22.0 Å². The van der Waals surface area contributed by atoms with Crippen molar-refractivity contribution < 1.29 is 8.42 Å². The van der Waals surface area contributed by atoms with E-state index in [1.54, 1.807) is 12.1 Å². The highest BCUT2D eigenvalue weighted by Crippen LogP contribution is 2.29. The molecule has 0 bridgehead atoms. The molecule has 0 atom stereocenters. The molecule has 0 amide bonds. The Bertz CT molecular complexity index is 538. The highest BCUT2D eigenvalue weighted by Gasteiger charge is 2.20. The van der Waals surface area contributed by atoms with Crippen LogP contribution >= 0.6 is 0 Å². The predicted octanol–water partition coefficient (Wildman–Crippen LogP) is 1.15. The first-order valence-electron chi connectivity index (χ1n) is 6.01. The summed E-state index contributed by atoms with van der Waals surface area (Å²) in [6, 6.07) is 4.88. The van der Waals surface area contributed by atoms with Gasteiger partial charge in [0.1, 0.15) is 4.90 Å². The maximum atomic E-state index is 11.3. The first kappa shape index (κ1) is 13.2. The number of nitrogens with two attached hydrogens (primary N) is 2. The van der Waals surface area contributed by atoms with Crippen LogP contribution in [0.5, 0.6) is 0 Å². The Labute approximate surface area is 108 Å². The van der Waals surface area contributed by atoms with Crippen LogP contribution in [0.15, 0.2) is 23.1 Å². The summed E-state index contributed by atoms with van der Waals surface area (Å²) < 4.78 is 22.5. The van der Waals surface area contributed by atoms with E-state index < -0.39 is 10.0 Å². The van der Waals surface area contributed by atoms with Gasteiger partial charge in [-0.3, -0.25) is 0 Å². The van der Waals surface area contributed by atoms with Crippen LogP contribution < -0.4 is 15.8 Å². The molecule has 6 heteroatoms. The Morgan fingerprint density at radius 3 is 2.50 bits per heavy atom. The maximum Gasteiger partial charge on any atom is 0.240 e. The van der Waals surface area contributed by atoms with Gasteiger partial charge in [0.2, 0.25) is 10.0 Å². The van der Waals surface area contributed by atoms with Gasteiger partial charge in [-0.25, -0.2) is 13.6 Å². The molecular formula is C12H19N3O2S. The van der Waals surface area contributed by atoms with Crippen molar-refractivity contribution in [3.63, 3.8) is 0 Å². The lowest BCUT2D eigenvalue weighted by molar-refractivity contribution is 0.321. The van der Waals surface area contributed by atoms with Crippen LogP contribution in [-0.2, 0) is 10.0 Å². The molecule has 0 unspecified atom stereocenters. The average molecular weight is 269 g/mol.